The maximum Gasteiger partial charge on any atom is 0.471 e. The number of nitrogens with zero attached hydrogens (tertiary/aromatic N) is 2. The molecule has 0 saturated heterocycles. The van der Waals surface area contributed by atoms with Crippen molar-refractivity contribution >= 4 is 40.5 Å². The molecule has 3 rings (SSSR count). The molecule has 1 heterocycles. The zero-order chi connectivity index (χ0) is 23.2. The van der Waals surface area contributed by atoms with Crippen LogP contribution in [-0.2, 0) is 15.2 Å². The number of benzene rings is 2. The number of hydrogen-bond acceptors (Lipinski definition) is 3. The number of halogens is 8. The summed E-state index contributed by atoms with van der Waals surface area (Å²) in [4.78, 5) is 16.6. The first kappa shape index (κ1) is 23.2. The highest BCUT2D eigenvalue weighted by Crippen LogP contribution is 2.49. The number of amides is 1. The van der Waals surface area contributed by atoms with Gasteiger partial charge in [-0.2, -0.15) is 26.3 Å². The first-order chi connectivity index (χ1) is 14.2. The van der Waals surface area contributed by atoms with Gasteiger partial charge in [-0.1, -0.05) is 40.5 Å². The Hall–Kier alpha value is -2.46. The SMILES string of the molecule is CN(C(=O)C(F)(F)F)c1ccc(C2=NOC(c3cc(Cl)cc(Cl)c3)(C(F)(F)F)C2)cc1. The van der Waals surface area contributed by atoms with Gasteiger partial charge in [-0.15, -0.1) is 0 Å². The molecule has 12 heteroatoms. The molecule has 0 N–H and O–H groups in total. The lowest BCUT2D eigenvalue weighted by Crippen LogP contribution is -2.42. The molecule has 166 valence electrons. The third kappa shape index (κ3) is 4.45. The molecule has 0 aromatic heterocycles. The molecule has 0 radical (unpaired) electrons. The van der Waals surface area contributed by atoms with E-state index in [-0.39, 0.29) is 32.6 Å². The molecule has 1 amide bonds. The van der Waals surface area contributed by atoms with E-state index in [0.29, 0.717) is 4.90 Å². The Bertz CT molecular complexity index is 1020. The first-order valence-electron chi connectivity index (χ1n) is 8.48. The second-order valence-electron chi connectivity index (χ2n) is 6.70. The Morgan fingerprint density at radius 3 is 2.06 bits per heavy atom. The van der Waals surface area contributed by atoms with Crippen LogP contribution in [0.2, 0.25) is 10.0 Å². The summed E-state index contributed by atoms with van der Waals surface area (Å²) in [7, 11) is 0.929. The van der Waals surface area contributed by atoms with Gasteiger partial charge >= 0.3 is 18.3 Å². The number of carbonyl (C=O) groups excluding carboxylic acids is 1. The molecule has 0 bridgehead atoms. The average Bonchev–Trinajstić information content (AvgIpc) is 3.12. The summed E-state index contributed by atoms with van der Waals surface area (Å²) in [6.45, 7) is 0. The summed E-state index contributed by atoms with van der Waals surface area (Å²) in [6, 6.07) is 8.21. The lowest BCUT2D eigenvalue weighted by molar-refractivity contribution is -0.275. The van der Waals surface area contributed by atoms with E-state index in [1.807, 2.05) is 0 Å². The van der Waals surface area contributed by atoms with Crippen LogP contribution in [0, 0.1) is 0 Å². The van der Waals surface area contributed by atoms with E-state index in [2.05, 4.69) is 5.16 Å². The van der Waals surface area contributed by atoms with Gasteiger partial charge in [0.15, 0.2) is 0 Å². The minimum Gasteiger partial charge on any atom is -0.374 e. The number of anilines is 1. The molecule has 0 fully saturated rings. The second kappa shape index (κ2) is 7.90. The predicted molar refractivity (Wildman–Crippen MR) is 102 cm³/mol. The standard InChI is InChI=1S/C19H12Cl2F6N2O2/c1-29(16(30)18(22,23)24)14-4-2-10(3-5-14)15-9-17(31-28-15,19(25,26)27)11-6-12(20)8-13(21)7-11/h2-8H,9H2,1H3. The molecule has 4 nitrogen and oxygen atoms in total. The van der Waals surface area contributed by atoms with Crippen LogP contribution in [-0.4, -0.2) is 31.0 Å². The third-order valence-electron chi connectivity index (χ3n) is 4.65. The molecule has 0 spiro atoms. The van der Waals surface area contributed by atoms with Crippen molar-refractivity contribution in [2.24, 2.45) is 5.16 Å². The van der Waals surface area contributed by atoms with Crippen molar-refractivity contribution in [3.8, 4) is 0 Å². The van der Waals surface area contributed by atoms with Crippen molar-refractivity contribution in [2.45, 2.75) is 24.4 Å². The lowest BCUT2D eigenvalue weighted by Gasteiger charge is -2.29. The van der Waals surface area contributed by atoms with Gasteiger partial charge in [-0.25, -0.2) is 0 Å². The highest BCUT2D eigenvalue weighted by molar-refractivity contribution is 6.34. The van der Waals surface area contributed by atoms with Gasteiger partial charge < -0.3 is 9.74 Å². The van der Waals surface area contributed by atoms with Crippen LogP contribution in [0.5, 0.6) is 0 Å². The van der Waals surface area contributed by atoms with Crippen molar-refractivity contribution in [1.82, 2.24) is 0 Å². The first-order valence-corrected chi connectivity index (χ1v) is 9.24. The van der Waals surface area contributed by atoms with E-state index in [1.165, 1.54) is 18.2 Å². The van der Waals surface area contributed by atoms with E-state index in [9.17, 15) is 31.1 Å². The van der Waals surface area contributed by atoms with Gasteiger partial charge in [0, 0.05) is 34.8 Å². The van der Waals surface area contributed by atoms with Crippen LogP contribution in [0.15, 0.2) is 47.6 Å². The third-order valence-corrected chi connectivity index (χ3v) is 5.09. The van der Waals surface area contributed by atoms with Crippen molar-refractivity contribution in [3.63, 3.8) is 0 Å². The molecule has 1 aliphatic heterocycles. The maximum atomic E-state index is 14.0. The van der Waals surface area contributed by atoms with Crippen LogP contribution in [0.25, 0.3) is 0 Å². The quantitative estimate of drug-likeness (QED) is 0.494. The second-order valence-corrected chi connectivity index (χ2v) is 7.57. The number of alkyl halides is 6. The topological polar surface area (TPSA) is 41.9 Å². The van der Waals surface area contributed by atoms with Crippen LogP contribution in [0.1, 0.15) is 17.5 Å². The van der Waals surface area contributed by atoms with E-state index in [0.717, 1.165) is 31.3 Å². The fourth-order valence-corrected chi connectivity index (χ4v) is 3.56. The molecule has 2 aromatic carbocycles. The zero-order valence-corrected chi connectivity index (χ0v) is 17.0. The minimum absolute atomic E-state index is 0.0232. The fraction of sp³-hybridized carbons (Fsp3) is 0.263. The number of hydrogen-bond donors (Lipinski definition) is 0. The van der Waals surface area contributed by atoms with Gasteiger partial charge in [0.1, 0.15) is 0 Å². The summed E-state index contributed by atoms with van der Waals surface area (Å²) in [6.07, 6.45) is -10.7. The summed E-state index contributed by atoms with van der Waals surface area (Å²) in [5, 5.41) is 3.51. The summed E-state index contributed by atoms with van der Waals surface area (Å²) < 4.78 is 79.7. The number of oxime groups is 1. The van der Waals surface area contributed by atoms with Crippen molar-refractivity contribution in [3.05, 3.63) is 63.6 Å². The summed E-state index contributed by atoms with van der Waals surface area (Å²) in [5.74, 6) is -2.09. The normalized spacial score (nSPS) is 19.1. The Balaban J connectivity index is 1.90. The monoisotopic (exact) mass is 484 g/mol. The highest BCUT2D eigenvalue weighted by Gasteiger charge is 2.62. The van der Waals surface area contributed by atoms with E-state index in [4.69, 9.17) is 28.0 Å². The molecule has 1 unspecified atom stereocenters. The van der Waals surface area contributed by atoms with Crippen molar-refractivity contribution in [1.29, 1.82) is 0 Å². The smallest absolute Gasteiger partial charge is 0.374 e. The fourth-order valence-electron chi connectivity index (χ4n) is 3.03. The van der Waals surface area contributed by atoms with Crippen LogP contribution in [0.3, 0.4) is 0 Å². The highest BCUT2D eigenvalue weighted by atomic mass is 35.5. The van der Waals surface area contributed by atoms with Gasteiger partial charge in [0.05, 0.1) is 5.71 Å². The van der Waals surface area contributed by atoms with Crippen molar-refractivity contribution in [2.75, 3.05) is 11.9 Å². The number of carbonyl (C=O) groups is 1. The van der Waals surface area contributed by atoms with E-state index >= 15 is 0 Å². The average molecular weight is 485 g/mol. The molecular weight excluding hydrogens is 473 g/mol. The summed E-state index contributed by atoms with van der Waals surface area (Å²) in [5.41, 5.74) is -3.20. The molecule has 0 aliphatic carbocycles. The predicted octanol–water partition coefficient (Wildman–Crippen LogP) is 6.10. The molecule has 1 aliphatic rings. The Kier molecular flexibility index (Phi) is 5.92. The lowest BCUT2D eigenvalue weighted by atomic mass is 9.86. The number of rotatable bonds is 3. The zero-order valence-electron chi connectivity index (χ0n) is 15.5. The molecular formula is C19H12Cl2F6N2O2. The Morgan fingerprint density at radius 1 is 1.03 bits per heavy atom. The molecule has 1 atom stereocenters. The van der Waals surface area contributed by atoms with E-state index in [1.54, 1.807) is 0 Å². The van der Waals surface area contributed by atoms with Gasteiger partial charge in [-0.05, 0) is 35.9 Å². The van der Waals surface area contributed by atoms with Gasteiger partial charge in [-0.3, -0.25) is 4.79 Å². The Morgan fingerprint density at radius 2 is 1.58 bits per heavy atom. The Labute approximate surface area is 182 Å². The minimum atomic E-state index is -5.07. The van der Waals surface area contributed by atoms with Crippen LogP contribution in [0.4, 0.5) is 32.0 Å². The molecule has 0 saturated carbocycles. The van der Waals surface area contributed by atoms with Crippen LogP contribution < -0.4 is 4.90 Å². The molecule has 2 aromatic rings. The maximum absolute atomic E-state index is 14.0. The van der Waals surface area contributed by atoms with Gasteiger partial charge in [0.25, 0.3) is 5.60 Å². The largest absolute Gasteiger partial charge is 0.471 e. The molecule has 31 heavy (non-hydrogen) atoms. The van der Waals surface area contributed by atoms with Crippen LogP contribution >= 0.6 is 23.2 Å². The summed E-state index contributed by atoms with van der Waals surface area (Å²) >= 11 is 11.7. The van der Waals surface area contributed by atoms with Gasteiger partial charge in [0.2, 0.25) is 0 Å². The van der Waals surface area contributed by atoms with E-state index < -0.39 is 30.3 Å². The van der Waals surface area contributed by atoms with Crippen molar-refractivity contribution < 1.29 is 36.0 Å².